The lowest BCUT2D eigenvalue weighted by molar-refractivity contribution is 0.628. The van der Waals surface area contributed by atoms with Crippen LogP contribution >= 0.6 is 22.9 Å². The molecule has 20 heavy (non-hydrogen) atoms. The first kappa shape index (κ1) is 13.3. The summed E-state index contributed by atoms with van der Waals surface area (Å²) in [4.78, 5) is 18.3. The maximum Gasteiger partial charge on any atom is 0.304 e. The minimum Gasteiger partial charge on any atom is -0.322 e. The highest BCUT2D eigenvalue weighted by atomic mass is 35.5. The van der Waals surface area contributed by atoms with E-state index < -0.39 is 0 Å². The largest absolute Gasteiger partial charge is 0.322 e. The number of H-pyrrole nitrogens is 1. The zero-order valence-corrected chi connectivity index (χ0v) is 12.0. The van der Waals surface area contributed by atoms with E-state index in [1.54, 1.807) is 11.4 Å². The van der Waals surface area contributed by atoms with Crippen molar-refractivity contribution in [2.45, 2.75) is 13.0 Å². The van der Waals surface area contributed by atoms with E-state index in [0.717, 1.165) is 28.4 Å². The molecular formula is C13H11ClFN3OS. The number of thiazole rings is 1. The molecule has 0 aliphatic heterocycles. The summed E-state index contributed by atoms with van der Waals surface area (Å²) in [5.74, 6) is 0.911. The van der Waals surface area contributed by atoms with Crippen molar-refractivity contribution < 1.29 is 4.39 Å². The topological polar surface area (TPSA) is 50.7 Å². The number of alkyl halides is 1. The van der Waals surface area contributed by atoms with Crippen LogP contribution in [0.3, 0.4) is 0 Å². The van der Waals surface area contributed by atoms with Crippen LogP contribution in [0.5, 0.6) is 0 Å². The highest BCUT2D eigenvalue weighted by molar-refractivity contribution is 7.07. The van der Waals surface area contributed by atoms with Crippen LogP contribution in [-0.2, 0) is 13.0 Å². The van der Waals surface area contributed by atoms with E-state index in [2.05, 4.69) is 9.97 Å². The minimum absolute atomic E-state index is 0.102. The van der Waals surface area contributed by atoms with Crippen molar-refractivity contribution in [3.8, 4) is 0 Å². The van der Waals surface area contributed by atoms with Crippen LogP contribution in [-0.4, -0.2) is 20.4 Å². The summed E-state index contributed by atoms with van der Waals surface area (Å²) >= 11 is 6.90. The van der Waals surface area contributed by atoms with Crippen LogP contribution in [0.15, 0.2) is 28.4 Å². The first-order valence-corrected chi connectivity index (χ1v) is 7.46. The molecule has 104 valence electrons. The van der Waals surface area contributed by atoms with E-state index in [1.807, 2.05) is 4.57 Å². The molecule has 0 bridgehead atoms. The molecule has 7 heteroatoms. The fourth-order valence-corrected chi connectivity index (χ4v) is 2.90. The van der Waals surface area contributed by atoms with Gasteiger partial charge in [-0.3, -0.25) is 4.79 Å². The fraction of sp³-hybridized carbons (Fsp3) is 0.231. The quantitative estimate of drug-likeness (QED) is 0.753. The molecule has 0 aliphatic carbocycles. The summed E-state index contributed by atoms with van der Waals surface area (Å²) < 4.78 is 15.3. The molecule has 0 saturated carbocycles. The summed E-state index contributed by atoms with van der Waals surface area (Å²) in [6.45, 7) is 0.449. The van der Waals surface area contributed by atoms with Gasteiger partial charge >= 0.3 is 4.87 Å². The van der Waals surface area contributed by atoms with Crippen molar-refractivity contribution in [2.24, 2.45) is 0 Å². The Bertz CT molecular complexity index is 807. The number of rotatable bonds is 4. The molecule has 0 unspecified atom stereocenters. The number of aromatic amines is 1. The molecule has 4 nitrogen and oxygen atoms in total. The van der Waals surface area contributed by atoms with Crippen LogP contribution in [0.25, 0.3) is 11.0 Å². The van der Waals surface area contributed by atoms with Gasteiger partial charge in [-0.05, 0) is 18.2 Å². The summed E-state index contributed by atoms with van der Waals surface area (Å²) in [7, 11) is 0. The van der Waals surface area contributed by atoms with Crippen molar-refractivity contribution >= 4 is 34.0 Å². The van der Waals surface area contributed by atoms with Crippen LogP contribution in [0.2, 0.25) is 0 Å². The molecular weight excluding hydrogens is 301 g/mol. The third-order valence-corrected chi connectivity index (χ3v) is 3.91. The average molecular weight is 312 g/mol. The second kappa shape index (κ2) is 5.38. The minimum atomic E-state index is -0.310. The van der Waals surface area contributed by atoms with Crippen molar-refractivity contribution in [3.63, 3.8) is 0 Å². The Kier molecular flexibility index (Phi) is 3.58. The van der Waals surface area contributed by atoms with E-state index in [1.165, 1.54) is 12.1 Å². The number of aromatic nitrogens is 3. The zero-order valence-electron chi connectivity index (χ0n) is 10.4. The third-order valence-electron chi connectivity index (χ3n) is 3.01. The highest BCUT2D eigenvalue weighted by Crippen LogP contribution is 2.19. The fourth-order valence-electron chi connectivity index (χ4n) is 2.16. The molecule has 3 aromatic rings. The van der Waals surface area contributed by atoms with E-state index >= 15 is 0 Å². The number of hydrogen-bond acceptors (Lipinski definition) is 3. The zero-order chi connectivity index (χ0) is 14.1. The molecule has 0 spiro atoms. The van der Waals surface area contributed by atoms with E-state index in [-0.39, 0.29) is 10.7 Å². The van der Waals surface area contributed by atoms with Gasteiger partial charge in [0.25, 0.3) is 0 Å². The average Bonchev–Trinajstić information content (AvgIpc) is 2.96. The molecule has 2 heterocycles. The maximum atomic E-state index is 13.4. The molecule has 3 rings (SSSR count). The van der Waals surface area contributed by atoms with Gasteiger partial charge in [-0.1, -0.05) is 11.3 Å². The SMILES string of the molecule is O=c1[nH]c(Cn2c(CCCl)nc3ccc(F)cc32)cs1. The Morgan fingerprint density at radius 2 is 2.30 bits per heavy atom. The van der Waals surface area contributed by atoms with Gasteiger partial charge in [0, 0.05) is 23.4 Å². The lowest BCUT2D eigenvalue weighted by Gasteiger charge is -2.06. The number of halogens is 2. The number of nitrogens with zero attached hydrogens (tertiary/aromatic N) is 2. The predicted octanol–water partition coefficient (Wildman–Crippen LogP) is 2.75. The van der Waals surface area contributed by atoms with Crippen LogP contribution in [0, 0.1) is 5.82 Å². The van der Waals surface area contributed by atoms with Crippen LogP contribution < -0.4 is 4.87 Å². The lowest BCUT2D eigenvalue weighted by atomic mass is 10.3. The third kappa shape index (κ3) is 2.48. The first-order valence-electron chi connectivity index (χ1n) is 6.04. The molecule has 0 fully saturated rings. The van der Waals surface area contributed by atoms with Gasteiger partial charge in [0.2, 0.25) is 0 Å². The number of fused-ring (bicyclic) bond motifs is 1. The molecule has 0 aliphatic rings. The van der Waals surface area contributed by atoms with Crippen molar-refractivity contribution in [2.75, 3.05) is 5.88 Å². The summed E-state index contributed by atoms with van der Waals surface area (Å²) in [5.41, 5.74) is 2.21. The van der Waals surface area contributed by atoms with Gasteiger partial charge in [0.05, 0.1) is 17.6 Å². The second-order valence-corrected chi connectivity index (χ2v) is 5.58. The molecule has 0 saturated heterocycles. The number of nitrogens with one attached hydrogen (secondary N) is 1. The maximum absolute atomic E-state index is 13.4. The van der Waals surface area contributed by atoms with Crippen molar-refractivity contribution in [3.05, 3.63) is 50.6 Å². The van der Waals surface area contributed by atoms with Gasteiger partial charge in [0.1, 0.15) is 11.6 Å². The van der Waals surface area contributed by atoms with Crippen LogP contribution in [0.4, 0.5) is 4.39 Å². The summed E-state index contributed by atoms with van der Waals surface area (Å²) in [6, 6.07) is 4.48. The van der Waals surface area contributed by atoms with Crippen molar-refractivity contribution in [1.82, 2.24) is 14.5 Å². The van der Waals surface area contributed by atoms with E-state index in [0.29, 0.717) is 24.4 Å². The standard InChI is InChI=1S/C13H11ClFN3OS/c14-4-3-12-17-10-2-1-8(15)5-11(10)18(12)6-9-7-20-13(19)16-9/h1-2,5,7H,3-4,6H2,(H,16,19). The number of hydrogen-bond donors (Lipinski definition) is 1. The molecule has 0 amide bonds. The van der Waals surface area contributed by atoms with Gasteiger partial charge in [-0.25, -0.2) is 9.37 Å². The first-order chi connectivity index (χ1) is 9.67. The predicted molar refractivity (Wildman–Crippen MR) is 78.2 cm³/mol. The second-order valence-electron chi connectivity index (χ2n) is 4.36. The Labute approximate surface area is 122 Å². The van der Waals surface area contributed by atoms with Gasteiger partial charge in [0.15, 0.2) is 0 Å². The Morgan fingerprint density at radius 3 is 3.00 bits per heavy atom. The lowest BCUT2D eigenvalue weighted by Crippen LogP contribution is -2.07. The van der Waals surface area contributed by atoms with E-state index in [9.17, 15) is 9.18 Å². The molecule has 2 aromatic heterocycles. The Hall–Kier alpha value is -1.66. The van der Waals surface area contributed by atoms with Gasteiger partial charge < -0.3 is 9.55 Å². The van der Waals surface area contributed by atoms with Gasteiger partial charge in [-0.15, -0.1) is 11.6 Å². The number of imidazole rings is 1. The molecule has 1 N–H and O–H groups in total. The monoisotopic (exact) mass is 311 g/mol. The smallest absolute Gasteiger partial charge is 0.304 e. The Balaban J connectivity index is 2.12. The van der Waals surface area contributed by atoms with Gasteiger partial charge in [-0.2, -0.15) is 0 Å². The normalized spacial score (nSPS) is 11.3. The molecule has 1 aromatic carbocycles. The Morgan fingerprint density at radius 1 is 1.45 bits per heavy atom. The van der Waals surface area contributed by atoms with Crippen LogP contribution in [0.1, 0.15) is 11.5 Å². The highest BCUT2D eigenvalue weighted by Gasteiger charge is 2.12. The summed E-state index contributed by atoms with van der Waals surface area (Å²) in [5, 5.41) is 1.76. The molecule has 0 atom stereocenters. The molecule has 0 radical (unpaired) electrons. The number of aryl methyl sites for hydroxylation is 1. The van der Waals surface area contributed by atoms with Crippen molar-refractivity contribution in [1.29, 1.82) is 0 Å². The van der Waals surface area contributed by atoms with E-state index in [4.69, 9.17) is 11.6 Å². The summed E-state index contributed by atoms with van der Waals surface area (Å²) in [6.07, 6.45) is 0.590. The number of benzene rings is 1.